The highest BCUT2D eigenvalue weighted by molar-refractivity contribution is 5.85. The Morgan fingerprint density at radius 2 is 1.60 bits per heavy atom. The van der Waals surface area contributed by atoms with Crippen molar-refractivity contribution in [1.29, 1.82) is 0 Å². The van der Waals surface area contributed by atoms with E-state index in [4.69, 9.17) is 0 Å². The molecular weight excluding hydrogens is 440 g/mol. The first-order chi connectivity index (χ1) is 16.9. The van der Waals surface area contributed by atoms with Crippen LogP contribution in [0.5, 0.6) is 0 Å². The first-order valence-electron chi connectivity index (χ1n) is 12.8. The summed E-state index contributed by atoms with van der Waals surface area (Å²) in [7, 11) is 0. The van der Waals surface area contributed by atoms with E-state index >= 15 is 0 Å². The van der Waals surface area contributed by atoms with E-state index in [9.17, 15) is 9.59 Å². The van der Waals surface area contributed by atoms with E-state index in [2.05, 4.69) is 33.8 Å². The molecule has 8 heteroatoms. The average Bonchev–Trinajstić information content (AvgIpc) is 2.88. The zero-order valence-electron chi connectivity index (χ0n) is 21.7. The van der Waals surface area contributed by atoms with Crippen LogP contribution in [0, 0.1) is 5.92 Å². The van der Waals surface area contributed by atoms with E-state index in [0.717, 1.165) is 36.7 Å². The van der Waals surface area contributed by atoms with Crippen LogP contribution in [0.2, 0.25) is 0 Å². The topological polar surface area (TPSA) is 72.9 Å². The van der Waals surface area contributed by atoms with Gasteiger partial charge < -0.3 is 19.6 Å². The molecule has 0 atom stereocenters. The summed E-state index contributed by atoms with van der Waals surface area (Å²) in [5, 5.41) is 8.81. The second-order valence-corrected chi connectivity index (χ2v) is 9.45. The number of hydrogen-bond donors (Lipinski definition) is 0. The highest BCUT2D eigenvalue weighted by atomic mass is 16.2. The van der Waals surface area contributed by atoms with Crippen molar-refractivity contribution in [3.05, 3.63) is 42.5 Å². The number of piperazine rings is 1. The van der Waals surface area contributed by atoms with Gasteiger partial charge in [-0.1, -0.05) is 58.0 Å². The Morgan fingerprint density at radius 3 is 2.17 bits per heavy atom. The fourth-order valence-corrected chi connectivity index (χ4v) is 4.28. The van der Waals surface area contributed by atoms with E-state index in [1.165, 1.54) is 0 Å². The molecule has 1 saturated heterocycles. The van der Waals surface area contributed by atoms with Gasteiger partial charge in [0.1, 0.15) is 0 Å². The molecule has 1 aliphatic heterocycles. The molecule has 2 aromatic rings. The monoisotopic (exact) mass is 480 g/mol. The van der Waals surface area contributed by atoms with Crippen LogP contribution >= 0.6 is 0 Å². The molecular formula is C27H40N6O2. The summed E-state index contributed by atoms with van der Waals surface area (Å²) in [6.45, 7) is 14.3. The lowest BCUT2D eigenvalue weighted by Crippen LogP contribution is -2.52. The summed E-state index contributed by atoms with van der Waals surface area (Å²) < 4.78 is 0. The van der Waals surface area contributed by atoms with Crippen LogP contribution in [-0.2, 0) is 9.59 Å². The zero-order valence-corrected chi connectivity index (χ0v) is 21.7. The van der Waals surface area contributed by atoms with Gasteiger partial charge >= 0.3 is 0 Å². The molecule has 35 heavy (non-hydrogen) atoms. The molecule has 1 aliphatic rings. The van der Waals surface area contributed by atoms with E-state index in [1.807, 2.05) is 61.2 Å². The molecule has 190 valence electrons. The molecule has 0 aliphatic carbocycles. The number of benzene rings is 1. The van der Waals surface area contributed by atoms with Crippen molar-refractivity contribution >= 4 is 17.6 Å². The smallest absolute Gasteiger partial charge is 0.242 e. The van der Waals surface area contributed by atoms with Crippen LogP contribution in [0.4, 0.5) is 5.82 Å². The minimum absolute atomic E-state index is 0.0202. The molecule has 0 unspecified atom stereocenters. The maximum absolute atomic E-state index is 13.1. The summed E-state index contributed by atoms with van der Waals surface area (Å²) in [6, 6.07) is 14.0. The van der Waals surface area contributed by atoms with Crippen LogP contribution in [-0.4, -0.2) is 95.6 Å². The SMILES string of the molecule is CCN(CC)CCN(CC(=O)N1CCN(c2ccc(-c3ccccc3)nn2)CC1)C(=O)CC(C)C. The molecule has 0 N–H and O–H groups in total. The Morgan fingerprint density at radius 1 is 0.914 bits per heavy atom. The summed E-state index contributed by atoms with van der Waals surface area (Å²) in [4.78, 5) is 34.0. The van der Waals surface area contributed by atoms with Gasteiger partial charge in [-0.05, 0) is 31.1 Å². The van der Waals surface area contributed by atoms with Gasteiger partial charge in [0.25, 0.3) is 0 Å². The molecule has 3 rings (SSSR count). The number of rotatable bonds is 11. The largest absolute Gasteiger partial charge is 0.352 e. The number of likely N-dealkylation sites (N-methyl/N-ethyl adjacent to an activating group) is 1. The van der Waals surface area contributed by atoms with Gasteiger partial charge in [0.15, 0.2) is 5.82 Å². The van der Waals surface area contributed by atoms with Gasteiger partial charge in [0.2, 0.25) is 11.8 Å². The standard InChI is InChI=1S/C27H40N6O2/c1-5-30(6-2)14-15-33(26(34)20-22(3)4)21-27(35)32-18-16-31(17-19-32)25-13-12-24(28-29-25)23-10-8-7-9-11-23/h7-13,22H,5-6,14-21H2,1-4H3. The summed E-state index contributed by atoms with van der Waals surface area (Å²) in [5.74, 6) is 1.18. The molecule has 1 aromatic carbocycles. The number of nitrogens with zero attached hydrogens (tertiary/aromatic N) is 6. The number of carbonyl (C=O) groups excluding carboxylic acids is 2. The maximum Gasteiger partial charge on any atom is 0.242 e. The van der Waals surface area contributed by atoms with Crippen LogP contribution in [0.25, 0.3) is 11.3 Å². The minimum Gasteiger partial charge on any atom is -0.352 e. The van der Waals surface area contributed by atoms with Gasteiger partial charge in [-0.15, -0.1) is 10.2 Å². The van der Waals surface area contributed by atoms with Crippen molar-refractivity contribution in [2.45, 2.75) is 34.1 Å². The lowest BCUT2D eigenvalue weighted by molar-refractivity contribution is -0.141. The van der Waals surface area contributed by atoms with Crippen molar-refractivity contribution in [2.75, 3.05) is 63.8 Å². The zero-order chi connectivity index (χ0) is 25.2. The number of carbonyl (C=O) groups is 2. The quantitative estimate of drug-likeness (QED) is 0.492. The van der Waals surface area contributed by atoms with E-state index in [1.54, 1.807) is 4.90 Å². The van der Waals surface area contributed by atoms with Crippen molar-refractivity contribution in [2.24, 2.45) is 5.92 Å². The van der Waals surface area contributed by atoms with E-state index < -0.39 is 0 Å². The molecule has 0 radical (unpaired) electrons. The number of aromatic nitrogens is 2. The third kappa shape index (κ3) is 7.75. The predicted octanol–water partition coefficient (Wildman–Crippen LogP) is 3.01. The predicted molar refractivity (Wildman–Crippen MR) is 140 cm³/mol. The van der Waals surface area contributed by atoms with Crippen molar-refractivity contribution in [3.63, 3.8) is 0 Å². The summed E-state index contributed by atoms with van der Waals surface area (Å²) in [5.41, 5.74) is 1.89. The Balaban J connectivity index is 1.55. The molecule has 0 bridgehead atoms. The normalized spacial score (nSPS) is 14.0. The third-order valence-corrected chi connectivity index (χ3v) is 6.52. The van der Waals surface area contributed by atoms with E-state index in [-0.39, 0.29) is 24.3 Å². The van der Waals surface area contributed by atoms with Crippen molar-refractivity contribution in [3.8, 4) is 11.3 Å². The molecule has 1 fully saturated rings. The van der Waals surface area contributed by atoms with Crippen LogP contribution in [0.1, 0.15) is 34.1 Å². The van der Waals surface area contributed by atoms with Crippen molar-refractivity contribution in [1.82, 2.24) is 24.9 Å². The van der Waals surface area contributed by atoms with Gasteiger partial charge in [0.05, 0.1) is 12.2 Å². The van der Waals surface area contributed by atoms with Gasteiger partial charge in [0, 0.05) is 51.3 Å². The van der Waals surface area contributed by atoms with Crippen LogP contribution in [0.3, 0.4) is 0 Å². The second-order valence-electron chi connectivity index (χ2n) is 9.45. The first kappa shape index (κ1) is 26.6. The molecule has 8 nitrogen and oxygen atoms in total. The molecule has 2 heterocycles. The summed E-state index contributed by atoms with van der Waals surface area (Å²) in [6.07, 6.45) is 0.469. The summed E-state index contributed by atoms with van der Waals surface area (Å²) >= 11 is 0. The number of hydrogen-bond acceptors (Lipinski definition) is 6. The average molecular weight is 481 g/mol. The number of anilines is 1. The van der Waals surface area contributed by atoms with Gasteiger partial charge in [-0.2, -0.15) is 0 Å². The first-order valence-corrected chi connectivity index (χ1v) is 12.8. The Hall–Kier alpha value is -3.00. The van der Waals surface area contributed by atoms with Crippen molar-refractivity contribution < 1.29 is 9.59 Å². The Kier molecular flexibility index (Phi) is 10.0. The highest BCUT2D eigenvalue weighted by Crippen LogP contribution is 2.19. The van der Waals surface area contributed by atoms with Crippen LogP contribution < -0.4 is 4.90 Å². The fraction of sp³-hybridized carbons (Fsp3) is 0.556. The van der Waals surface area contributed by atoms with E-state index in [0.29, 0.717) is 39.1 Å². The second kappa shape index (κ2) is 13.2. The fourth-order valence-electron chi connectivity index (χ4n) is 4.28. The van der Waals surface area contributed by atoms with Gasteiger partial charge in [-0.3, -0.25) is 9.59 Å². The third-order valence-electron chi connectivity index (χ3n) is 6.52. The lowest BCUT2D eigenvalue weighted by Gasteiger charge is -2.36. The minimum atomic E-state index is 0.0202. The Labute approximate surface area is 209 Å². The molecule has 2 amide bonds. The lowest BCUT2D eigenvalue weighted by atomic mass is 10.1. The molecule has 0 saturated carbocycles. The van der Waals surface area contributed by atoms with Crippen LogP contribution in [0.15, 0.2) is 42.5 Å². The molecule has 1 aromatic heterocycles. The number of amides is 2. The molecule has 0 spiro atoms. The highest BCUT2D eigenvalue weighted by Gasteiger charge is 2.26. The Bertz CT molecular complexity index is 922. The maximum atomic E-state index is 13.1. The van der Waals surface area contributed by atoms with Gasteiger partial charge in [-0.25, -0.2) is 0 Å².